The summed E-state index contributed by atoms with van der Waals surface area (Å²) >= 11 is 0. The molecule has 1 heterocycles. The molecule has 0 bridgehead atoms. The normalized spacial score (nSPS) is 25.7. The molecule has 3 rings (SSSR count). The number of benzene rings is 1. The first-order valence-electron chi connectivity index (χ1n) is 8.68. The lowest BCUT2D eigenvalue weighted by Gasteiger charge is -2.35. The highest BCUT2D eigenvalue weighted by Crippen LogP contribution is 2.41. The Hall–Kier alpha value is -1.35. The Bertz CT molecular complexity index is 828. The van der Waals surface area contributed by atoms with Crippen LogP contribution < -0.4 is 0 Å². The second kappa shape index (κ2) is 5.32. The average Bonchev–Trinajstić information content (AvgIpc) is 2.44. The molecule has 0 N–H and O–H groups in total. The van der Waals surface area contributed by atoms with Crippen molar-refractivity contribution in [2.75, 3.05) is 0 Å². The monoisotopic (exact) mass is 344 g/mol. The lowest BCUT2D eigenvalue weighted by Crippen LogP contribution is -2.36. The van der Waals surface area contributed by atoms with E-state index >= 15 is 0 Å². The quantitative estimate of drug-likeness (QED) is 0.675. The predicted molar refractivity (Wildman–Crippen MR) is 100.0 cm³/mol. The highest BCUT2D eigenvalue weighted by Gasteiger charge is 2.41. The molecule has 2 atom stereocenters. The summed E-state index contributed by atoms with van der Waals surface area (Å²) in [6.07, 6.45) is 7.01. The Morgan fingerprint density at radius 1 is 1.00 bits per heavy atom. The van der Waals surface area contributed by atoms with E-state index in [1.165, 1.54) is 0 Å². The van der Waals surface area contributed by atoms with Crippen molar-refractivity contribution in [2.45, 2.75) is 63.5 Å². The fourth-order valence-electron chi connectivity index (χ4n) is 3.55. The van der Waals surface area contributed by atoms with Gasteiger partial charge in [-0.25, -0.2) is 8.42 Å². The van der Waals surface area contributed by atoms with Crippen LogP contribution in [-0.4, -0.2) is 13.7 Å². The first kappa shape index (κ1) is 17.5. The Morgan fingerprint density at radius 3 is 2.25 bits per heavy atom. The van der Waals surface area contributed by atoms with Crippen LogP contribution >= 0.6 is 0 Å². The van der Waals surface area contributed by atoms with E-state index in [0.29, 0.717) is 4.90 Å². The molecule has 1 aliphatic heterocycles. The summed E-state index contributed by atoms with van der Waals surface area (Å²) in [4.78, 5) is 0.538. The lowest BCUT2D eigenvalue weighted by molar-refractivity contribution is 0.495. The van der Waals surface area contributed by atoms with Gasteiger partial charge >= 0.3 is 0 Å². The van der Waals surface area contributed by atoms with Gasteiger partial charge in [0, 0.05) is 5.92 Å². The van der Waals surface area contributed by atoms with Gasteiger partial charge in [0.15, 0.2) is 9.84 Å². The van der Waals surface area contributed by atoms with Crippen LogP contribution in [0.1, 0.15) is 52.7 Å². The summed E-state index contributed by atoms with van der Waals surface area (Å²) in [5.41, 5.74) is 3.06. The third kappa shape index (κ3) is 2.88. The molecule has 130 valence electrons. The minimum Gasteiger partial charge on any atom is -0.223 e. The highest BCUT2D eigenvalue weighted by molar-refractivity contribution is 7.92. The molecule has 2 nitrogen and oxygen atoms in total. The van der Waals surface area contributed by atoms with E-state index in [-0.39, 0.29) is 16.7 Å². The molecular formula is C21H28O2S. The number of rotatable bonds is 0. The van der Waals surface area contributed by atoms with E-state index in [9.17, 15) is 8.42 Å². The van der Waals surface area contributed by atoms with Crippen LogP contribution in [-0.2, 0) is 21.7 Å². The molecule has 2 unspecified atom stereocenters. The molecule has 3 heteroatoms. The smallest absolute Gasteiger partial charge is 0.185 e. The molecule has 0 fully saturated rings. The zero-order chi connectivity index (χ0) is 17.9. The predicted octanol–water partition coefficient (Wildman–Crippen LogP) is 4.84. The zero-order valence-electron chi connectivity index (χ0n) is 15.6. The molecule has 24 heavy (non-hydrogen) atoms. The lowest BCUT2D eigenvalue weighted by atomic mass is 9.79. The van der Waals surface area contributed by atoms with Crippen molar-refractivity contribution in [3.05, 3.63) is 53.1 Å². The van der Waals surface area contributed by atoms with Crippen molar-refractivity contribution in [3.8, 4) is 0 Å². The van der Waals surface area contributed by atoms with Gasteiger partial charge in [0.1, 0.15) is 0 Å². The minimum absolute atomic E-state index is 0.0372. The van der Waals surface area contributed by atoms with Gasteiger partial charge in [0.05, 0.1) is 10.1 Å². The summed E-state index contributed by atoms with van der Waals surface area (Å²) in [5, 5.41) is -0.431. The molecule has 0 amide bonds. The van der Waals surface area contributed by atoms with Gasteiger partial charge in [-0.1, -0.05) is 71.9 Å². The Balaban J connectivity index is 2.13. The molecule has 2 aliphatic rings. The van der Waals surface area contributed by atoms with Crippen LogP contribution in [0.4, 0.5) is 0 Å². The van der Waals surface area contributed by atoms with Gasteiger partial charge in [-0.15, -0.1) is 0 Å². The van der Waals surface area contributed by atoms with E-state index in [2.05, 4.69) is 59.8 Å². The van der Waals surface area contributed by atoms with Crippen molar-refractivity contribution in [1.82, 2.24) is 0 Å². The third-order valence-electron chi connectivity index (χ3n) is 5.21. The fraction of sp³-hybridized carbons (Fsp3) is 0.524. The summed E-state index contributed by atoms with van der Waals surface area (Å²) in [5.74, 6) is 0.0501. The van der Waals surface area contributed by atoms with E-state index in [1.807, 2.05) is 18.2 Å². The summed E-state index contributed by atoms with van der Waals surface area (Å²) in [6, 6.07) is 6.00. The zero-order valence-corrected chi connectivity index (χ0v) is 16.4. The van der Waals surface area contributed by atoms with E-state index in [4.69, 9.17) is 0 Å². The molecule has 0 saturated carbocycles. The number of hydrogen-bond acceptors (Lipinski definition) is 2. The van der Waals surface area contributed by atoms with Crippen molar-refractivity contribution in [2.24, 2.45) is 11.3 Å². The SMILES string of the molecule is CC(C)(C)C1=CC2C(C=C1)Cc1ccc(C(C)(C)C)cc1S2(=O)=O. The largest absolute Gasteiger partial charge is 0.223 e. The molecule has 1 aromatic rings. The number of fused-ring (bicyclic) bond motifs is 2. The van der Waals surface area contributed by atoms with Crippen LogP contribution in [0.25, 0.3) is 0 Å². The number of hydrogen-bond donors (Lipinski definition) is 0. The van der Waals surface area contributed by atoms with E-state index in [0.717, 1.165) is 23.1 Å². The maximum atomic E-state index is 13.3. The summed E-state index contributed by atoms with van der Waals surface area (Å²) in [6.45, 7) is 12.7. The standard InChI is InChI=1S/C21H28O2S/c1-20(2,3)16-9-7-14-11-15-8-10-17(21(4,5)6)13-19(15)24(22,23)18(14)12-16/h7-10,12-14,18H,11H2,1-6H3. The number of allylic oxidation sites excluding steroid dienone is 3. The number of sulfone groups is 1. The maximum absolute atomic E-state index is 13.3. The average molecular weight is 345 g/mol. The van der Waals surface area contributed by atoms with Gasteiger partial charge in [0.2, 0.25) is 0 Å². The molecule has 1 aliphatic carbocycles. The third-order valence-corrected chi connectivity index (χ3v) is 7.40. The topological polar surface area (TPSA) is 34.1 Å². The molecule has 1 aromatic carbocycles. The van der Waals surface area contributed by atoms with Gasteiger partial charge in [-0.3, -0.25) is 0 Å². The first-order chi connectivity index (χ1) is 10.9. The van der Waals surface area contributed by atoms with Gasteiger partial charge in [-0.05, 0) is 40.0 Å². The first-order valence-corrected chi connectivity index (χ1v) is 10.2. The van der Waals surface area contributed by atoms with Crippen LogP contribution in [0, 0.1) is 11.3 Å². The second-order valence-corrected chi connectivity index (χ2v) is 11.3. The van der Waals surface area contributed by atoms with E-state index < -0.39 is 15.1 Å². The van der Waals surface area contributed by atoms with Crippen molar-refractivity contribution in [1.29, 1.82) is 0 Å². The molecule has 0 saturated heterocycles. The molecule has 0 aromatic heterocycles. The maximum Gasteiger partial charge on any atom is 0.185 e. The molecule has 0 spiro atoms. The highest BCUT2D eigenvalue weighted by atomic mass is 32.2. The second-order valence-electron chi connectivity index (χ2n) is 9.18. The Labute approximate surface area is 146 Å². The molecular weight excluding hydrogens is 316 g/mol. The van der Waals surface area contributed by atoms with Crippen molar-refractivity contribution in [3.63, 3.8) is 0 Å². The Kier molecular flexibility index (Phi) is 3.87. The van der Waals surface area contributed by atoms with Crippen molar-refractivity contribution < 1.29 is 8.42 Å². The summed E-state index contributed by atoms with van der Waals surface area (Å²) < 4.78 is 26.6. The van der Waals surface area contributed by atoms with Gasteiger partial charge in [0.25, 0.3) is 0 Å². The molecule has 0 radical (unpaired) electrons. The van der Waals surface area contributed by atoms with Crippen molar-refractivity contribution >= 4 is 9.84 Å². The van der Waals surface area contributed by atoms with Crippen LogP contribution in [0.5, 0.6) is 0 Å². The van der Waals surface area contributed by atoms with Crippen LogP contribution in [0.15, 0.2) is 46.9 Å². The Morgan fingerprint density at radius 2 is 1.67 bits per heavy atom. The summed E-state index contributed by atoms with van der Waals surface area (Å²) in [7, 11) is -3.35. The van der Waals surface area contributed by atoms with Gasteiger partial charge in [-0.2, -0.15) is 0 Å². The van der Waals surface area contributed by atoms with E-state index in [1.54, 1.807) is 0 Å². The minimum atomic E-state index is -3.35. The fourth-order valence-corrected chi connectivity index (χ4v) is 5.63. The van der Waals surface area contributed by atoms with Crippen LogP contribution in [0.3, 0.4) is 0 Å². The van der Waals surface area contributed by atoms with Crippen LogP contribution in [0.2, 0.25) is 0 Å². The van der Waals surface area contributed by atoms with Gasteiger partial charge < -0.3 is 0 Å².